The van der Waals surface area contributed by atoms with Crippen LogP contribution >= 0.6 is 0 Å². The van der Waals surface area contributed by atoms with Crippen LogP contribution in [-0.2, 0) is 16.6 Å². The molecule has 1 amide bonds. The smallest absolute Gasteiger partial charge is 0.264 e. The van der Waals surface area contributed by atoms with Crippen LogP contribution in [0.3, 0.4) is 0 Å². The maximum absolute atomic E-state index is 14.5. The number of hydrogen-bond donors (Lipinski definition) is 1. The lowest BCUT2D eigenvalue weighted by atomic mass is 9.87. The van der Waals surface area contributed by atoms with Crippen molar-refractivity contribution in [3.63, 3.8) is 0 Å². The third-order valence-electron chi connectivity index (χ3n) is 9.39. The molecule has 1 fully saturated rings. The summed E-state index contributed by atoms with van der Waals surface area (Å²) in [5, 5.41) is 0. The number of aromatic nitrogens is 4. The van der Waals surface area contributed by atoms with Gasteiger partial charge in [0.05, 0.1) is 41.3 Å². The number of ether oxygens (including phenoxy) is 1. The average molecular weight is 684 g/mol. The molecule has 4 aromatic rings. The molecule has 0 spiro atoms. The minimum absolute atomic E-state index is 0.0749. The van der Waals surface area contributed by atoms with Gasteiger partial charge < -0.3 is 14.5 Å². The quantitative estimate of drug-likeness (QED) is 0.242. The maximum atomic E-state index is 14.5. The molecule has 1 N–H and O–H groups in total. The lowest BCUT2D eigenvalue weighted by molar-refractivity contribution is 0.0508. The molecule has 2 aromatic heterocycles. The van der Waals surface area contributed by atoms with Gasteiger partial charge in [0, 0.05) is 29.8 Å². The van der Waals surface area contributed by atoms with Crippen molar-refractivity contribution < 1.29 is 17.9 Å². The van der Waals surface area contributed by atoms with E-state index in [2.05, 4.69) is 40.4 Å². The number of hydrogen-bond acceptors (Lipinski definition) is 9. The Bertz CT molecular complexity index is 1970. The predicted octanol–water partition coefficient (Wildman–Crippen LogP) is 6.49. The molecule has 2 aliphatic rings. The third kappa shape index (κ3) is 7.39. The van der Waals surface area contributed by atoms with E-state index in [0.717, 1.165) is 35.3 Å². The van der Waals surface area contributed by atoms with Crippen molar-refractivity contribution in [2.45, 2.75) is 90.7 Å². The Kier molecular flexibility index (Phi) is 9.36. The number of anilines is 2. The van der Waals surface area contributed by atoms with Crippen molar-refractivity contribution >= 4 is 27.7 Å². The zero-order valence-corrected chi connectivity index (χ0v) is 30.1. The van der Waals surface area contributed by atoms with Crippen LogP contribution in [0.25, 0.3) is 11.3 Å². The first-order valence-electron chi connectivity index (χ1n) is 16.8. The lowest BCUT2D eigenvalue weighted by Crippen LogP contribution is -2.45. The van der Waals surface area contributed by atoms with E-state index in [1.165, 1.54) is 18.6 Å². The molecular weight excluding hydrogens is 639 g/mol. The van der Waals surface area contributed by atoms with E-state index in [4.69, 9.17) is 14.7 Å². The fraction of sp³-hybridized carbons (Fsp3) is 0.432. The molecule has 12 heteroatoms. The molecule has 3 heterocycles. The summed E-state index contributed by atoms with van der Waals surface area (Å²) in [6, 6.07) is 12.0. The molecule has 4 bridgehead atoms. The highest BCUT2D eigenvalue weighted by Gasteiger charge is 2.33. The molecule has 1 atom stereocenters. The van der Waals surface area contributed by atoms with Gasteiger partial charge in [0.15, 0.2) is 0 Å². The van der Waals surface area contributed by atoms with Crippen LogP contribution < -0.4 is 14.4 Å². The number of fused-ring (bicyclic) bond motifs is 4. The number of rotatable bonds is 6. The summed E-state index contributed by atoms with van der Waals surface area (Å²) in [5.41, 5.74) is 4.76. The summed E-state index contributed by atoms with van der Waals surface area (Å²) < 4.78 is 36.6. The number of carbonyl (C=O) groups excluding carboxylic acids is 1. The summed E-state index contributed by atoms with van der Waals surface area (Å²) in [6.07, 6.45) is 7.45. The van der Waals surface area contributed by atoms with Crippen molar-refractivity contribution in [1.82, 2.24) is 24.8 Å². The fourth-order valence-electron chi connectivity index (χ4n) is 6.54. The fourth-order valence-corrected chi connectivity index (χ4v) is 7.53. The van der Waals surface area contributed by atoms with E-state index >= 15 is 0 Å². The zero-order chi connectivity index (χ0) is 35.1. The summed E-state index contributed by atoms with van der Waals surface area (Å²) in [7, 11) is -2.15. The predicted molar refractivity (Wildman–Crippen MR) is 190 cm³/mol. The van der Waals surface area contributed by atoms with Gasteiger partial charge >= 0.3 is 0 Å². The number of sulfonamides is 1. The van der Waals surface area contributed by atoms with Gasteiger partial charge in [0.1, 0.15) is 12.4 Å². The Balaban J connectivity index is 1.49. The van der Waals surface area contributed by atoms with Gasteiger partial charge in [-0.1, -0.05) is 45.0 Å². The van der Waals surface area contributed by atoms with Gasteiger partial charge in [-0.05, 0) is 81.2 Å². The van der Waals surface area contributed by atoms with Crippen LogP contribution in [0, 0.1) is 26.2 Å². The number of aryl methyl sites for hydroxylation is 2. The van der Waals surface area contributed by atoms with E-state index in [9.17, 15) is 13.2 Å². The van der Waals surface area contributed by atoms with Crippen molar-refractivity contribution in [2.24, 2.45) is 5.41 Å². The Labute approximate surface area is 289 Å². The number of carbonyl (C=O) groups is 1. The summed E-state index contributed by atoms with van der Waals surface area (Å²) in [4.78, 5) is 37.1. The van der Waals surface area contributed by atoms with Gasteiger partial charge in [-0.25, -0.2) is 23.1 Å². The van der Waals surface area contributed by atoms with Gasteiger partial charge in [0.25, 0.3) is 15.9 Å². The molecule has 49 heavy (non-hydrogen) atoms. The van der Waals surface area contributed by atoms with E-state index in [-0.39, 0.29) is 46.8 Å². The monoisotopic (exact) mass is 683 g/mol. The van der Waals surface area contributed by atoms with Gasteiger partial charge in [-0.3, -0.25) is 9.78 Å². The molecule has 6 rings (SSSR count). The highest BCUT2D eigenvalue weighted by Crippen LogP contribution is 2.35. The Morgan fingerprint density at radius 3 is 2.39 bits per heavy atom. The van der Waals surface area contributed by atoms with E-state index < -0.39 is 16.1 Å². The SMILES string of the molecule is Cc1cccc(C)c1-c1nc2nc(c1C)OC[C@@H](CC(C)(C)C)N(Cc1cncc(N(C)C3CCC3)n1)C(=O)c1cccc(c1)S(=O)(=O)N2. The standard InChI is InChI=1S/C37H45N7O4S/c1-23-11-8-12-24(2)32(23)33-25(3)34-41-36(40-33)42-49(46,47)30-16-9-13-26(17-30)35(45)44(29(22-48-34)18-37(4,5)6)21-27-19-38-20-31(39-27)43(7)28-14-10-15-28/h8-9,11-13,16-17,19-20,28-29H,10,14-15,18,21-22H2,1-7H3,(H,40,41,42)/t29-/m1/s1. The van der Waals surface area contributed by atoms with Crippen molar-refractivity contribution in [3.8, 4) is 17.1 Å². The van der Waals surface area contributed by atoms with Crippen LogP contribution in [0.5, 0.6) is 5.88 Å². The molecule has 0 unspecified atom stereocenters. The number of nitrogens with one attached hydrogen (secondary N) is 1. The lowest BCUT2D eigenvalue weighted by Gasteiger charge is -2.36. The first-order chi connectivity index (χ1) is 23.2. The Morgan fingerprint density at radius 2 is 1.71 bits per heavy atom. The van der Waals surface area contributed by atoms with Crippen LogP contribution in [-0.4, -0.2) is 64.9 Å². The normalized spacial score (nSPS) is 17.9. The molecule has 0 saturated heterocycles. The highest BCUT2D eigenvalue weighted by atomic mass is 32.2. The van der Waals surface area contributed by atoms with Crippen molar-refractivity contribution in [1.29, 1.82) is 0 Å². The number of nitrogens with zero attached hydrogens (tertiary/aromatic N) is 6. The topological polar surface area (TPSA) is 131 Å². The first kappa shape index (κ1) is 34.3. The molecule has 258 valence electrons. The Morgan fingerprint density at radius 1 is 1.00 bits per heavy atom. The van der Waals surface area contributed by atoms with Gasteiger partial charge in [-0.15, -0.1) is 0 Å². The first-order valence-corrected chi connectivity index (χ1v) is 18.2. The molecule has 1 saturated carbocycles. The summed E-state index contributed by atoms with van der Waals surface area (Å²) in [6.45, 7) is 12.5. The van der Waals surface area contributed by atoms with Crippen molar-refractivity contribution in [2.75, 3.05) is 23.3 Å². The second kappa shape index (κ2) is 13.4. The van der Waals surface area contributed by atoms with Crippen LogP contribution in [0.2, 0.25) is 0 Å². The molecule has 1 aliphatic heterocycles. The van der Waals surface area contributed by atoms with Crippen LogP contribution in [0.1, 0.15) is 79.2 Å². The summed E-state index contributed by atoms with van der Waals surface area (Å²) in [5.74, 6) is 0.554. The molecule has 11 nitrogen and oxygen atoms in total. The zero-order valence-electron chi connectivity index (χ0n) is 29.3. The maximum Gasteiger partial charge on any atom is 0.264 e. The minimum Gasteiger partial charge on any atom is -0.475 e. The Hall–Kier alpha value is -4.58. The second-order valence-corrected chi connectivity index (χ2v) is 16.1. The third-order valence-corrected chi connectivity index (χ3v) is 10.7. The molecular formula is C37H45N7O4S. The number of amides is 1. The molecule has 1 aliphatic carbocycles. The van der Waals surface area contributed by atoms with Crippen LogP contribution in [0.15, 0.2) is 59.8 Å². The molecule has 0 radical (unpaired) electrons. The van der Waals surface area contributed by atoms with E-state index in [0.29, 0.717) is 29.4 Å². The average Bonchev–Trinajstić information content (AvgIpc) is 3.01. The number of benzene rings is 2. The summed E-state index contributed by atoms with van der Waals surface area (Å²) >= 11 is 0. The second-order valence-electron chi connectivity index (χ2n) is 14.5. The minimum atomic E-state index is -4.18. The van der Waals surface area contributed by atoms with E-state index in [1.54, 1.807) is 29.4 Å². The van der Waals surface area contributed by atoms with Gasteiger partial charge in [0.2, 0.25) is 11.8 Å². The van der Waals surface area contributed by atoms with Gasteiger partial charge in [-0.2, -0.15) is 4.98 Å². The largest absolute Gasteiger partial charge is 0.475 e. The van der Waals surface area contributed by atoms with Crippen LogP contribution in [0.4, 0.5) is 11.8 Å². The van der Waals surface area contributed by atoms with E-state index in [1.807, 2.05) is 46.0 Å². The highest BCUT2D eigenvalue weighted by molar-refractivity contribution is 7.92. The van der Waals surface area contributed by atoms with Crippen molar-refractivity contribution in [3.05, 3.63) is 82.8 Å². The molecule has 2 aromatic carbocycles.